The fraction of sp³-hybridized carbons (Fsp3) is 0.667. The van der Waals surface area contributed by atoms with Crippen molar-refractivity contribution < 1.29 is 5.11 Å². The van der Waals surface area contributed by atoms with E-state index in [9.17, 15) is 0 Å². The molecule has 0 aliphatic rings. The lowest BCUT2D eigenvalue weighted by atomic mass is 10.2. The molecular formula is C9H16N2OS. The number of hydrogen-bond acceptors (Lipinski definition) is 4. The summed E-state index contributed by atoms with van der Waals surface area (Å²) in [5.41, 5.74) is 0. The summed E-state index contributed by atoms with van der Waals surface area (Å²) in [5.74, 6) is 0. The number of aromatic nitrogens is 1. The first-order valence-electron chi connectivity index (χ1n) is 4.39. The number of nitrogens with zero attached hydrogens (tertiary/aromatic N) is 2. The van der Waals surface area contributed by atoms with Gasteiger partial charge in [-0.25, -0.2) is 4.98 Å². The number of aryl methyl sites for hydroxylation is 1. The van der Waals surface area contributed by atoms with E-state index < -0.39 is 0 Å². The molecule has 74 valence electrons. The van der Waals surface area contributed by atoms with Gasteiger partial charge >= 0.3 is 0 Å². The summed E-state index contributed by atoms with van der Waals surface area (Å²) in [7, 11) is 3.97. The molecule has 0 radical (unpaired) electrons. The molecule has 4 heteroatoms. The second kappa shape index (κ2) is 4.58. The molecule has 0 aliphatic heterocycles. The third-order valence-electron chi connectivity index (χ3n) is 1.73. The Morgan fingerprint density at radius 2 is 2.31 bits per heavy atom. The molecule has 1 heterocycles. The first kappa shape index (κ1) is 10.5. The van der Waals surface area contributed by atoms with Crippen molar-refractivity contribution in [1.29, 1.82) is 0 Å². The Balaban J connectivity index is 2.49. The van der Waals surface area contributed by atoms with Crippen LogP contribution in [0.4, 0.5) is 5.13 Å². The maximum atomic E-state index is 9.10. The van der Waals surface area contributed by atoms with Gasteiger partial charge in [0.15, 0.2) is 5.13 Å². The van der Waals surface area contributed by atoms with Crippen LogP contribution in [-0.4, -0.2) is 30.3 Å². The van der Waals surface area contributed by atoms with Gasteiger partial charge in [0.2, 0.25) is 0 Å². The maximum Gasteiger partial charge on any atom is 0.184 e. The van der Waals surface area contributed by atoms with Crippen molar-refractivity contribution in [1.82, 2.24) is 4.98 Å². The molecule has 0 saturated carbocycles. The lowest BCUT2D eigenvalue weighted by Gasteiger charge is -2.05. The van der Waals surface area contributed by atoms with Crippen molar-refractivity contribution in [3.05, 3.63) is 11.1 Å². The molecule has 0 fully saturated rings. The summed E-state index contributed by atoms with van der Waals surface area (Å²) in [6.07, 6.45) is 3.41. The summed E-state index contributed by atoms with van der Waals surface area (Å²) >= 11 is 1.69. The molecule has 1 unspecified atom stereocenters. The van der Waals surface area contributed by atoms with E-state index in [1.165, 1.54) is 4.88 Å². The third-order valence-corrected chi connectivity index (χ3v) is 2.96. The quantitative estimate of drug-likeness (QED) is 0.800. The first-order valence-corrected chi connectivity index (χ1v) is 5.21. The lowest BCUT2D eigenvalue weighted by molar-refractivity contribution is 0.185. The van der Waals surface area contributed by atoms with E-state index in [4.69, 9.17) is 5.11 Å². The average molecular weight is 200 g/mol. The Bertz CT molecular complexity index is 258. The predicted molar refractivity (Wildman–Crippen MR) is 56.4 cm³/mol. The minimum Gasteiger partial charge on any atom is -0.393 e. The molecule has 1 rings (SSSR count). The second-order valence-electron chi connectivity index (χ2n) is 3.39. The highest BCUT2D eigenvalue weighted by molar-refractivity contribution is 7.15. The Kier molecular flexibility index (Phi) is 3.69. The molecule has 0 aliphatic carbocycles. The van der Waals surface area contributed by atoms with E-state index in [2.05, 4.69) is 4.98 Å². The minimum atomic E-state index is -0.218. The topological polar surface area (TPSA) is 36.4 Å². The maximum absolute atomic E-state index is 9.10. The van der Waals surface area contributed by atoms with Crippen LogP contribution in [-0.2, 0) is 6.42 Å². The molecule has 0 bridgehead atoms. The van der Waals surface area contributed by atoms with Gasteiger partial charge in [-0.3, -0.25) is 0 Å². The van der Waals surface area contributed by atoms with Crippen LogP contribution in [0.1, 0.15) is 18.2 Å². The van der Waals surface area contributed by atoms with Crippen LogP contribution in [0.15, 0.2) is 6.20 Å². The van der Waals surface area contributed by atoms with E-state index >= 15 is 0 Å². The van der Waals surface area contributed by atoms with Crippen LogP contribution in [0.3, 0.4) is 0 Å². The summed E-state index contributed by atoms with van der Waals surface area (Å²) < 4.78 is 0. The van der Waals surface area contributed by atoms with Gasteiger partial charge < -0.3 is 10.0 Å². The number of anilines is 1. The van der Waals surface area contributed by atoms with Crippen LogP contribution in [0.25, 0.3) is 0 Å². The molecule has 1 aromatic rings. The van der Waals surface area contributed by atoms with Crippen LogP contribution in [0, 0.1) is 0 Å². The summed E-state index contributed by atoms with van der Waals surface area (Å²) in [6.45, 7) is 1.81. The molecular weight excluding hydrogens is 184 g/mol. The van der Waals surface area contributed by atoms with Crippen molar-refractivity contribution in [3.63, 3.8) is 0 Å². The molecule has 0 saturated heterocycles. The smallest absolute Gasteiger partial charge is 0.184 e. The van der Waals surface area contributed by atoms with Gasteiger partial charge in [0, 0.05) is 25.2 Å². The monoisotopic (exact) mass is 200 g/mol. The Morgan fingerprint density at radius 3 is 2.77 bits per heavy atom. The zero-order valence-electron chi connectivity index (χ0n) is 8.32. The fourth-order valence-electron chi connectivity index (χ4n) is 0.971. The molecule has 0 aromatic carbocycles. The third kappa shape index (κ3) is 3.32. The molecule has 0 spiro atoms. The van der Waals surface area contributed by atoms with Crippen LogP contribution in [0.2, 0.25) is 0 Å². The van der Waals surface area contributed by atoms with Gasteiger partial charge in [0.1, 0.15) is 0 Å². The average Bonchev–Trinajstić information content (AvgIpc) is 2.48. The highest BCUT2D eigenvalue weighted by Gasteiger charge is 2.04. The zero-order valence-corrected chi connectivity index (χ0v) is 9.14. The van der Waals surface area contributed by atoms with Gasteiger partial charge in [-0.2, -0.15) is 0 Å². The van der Waals surface area contributed by atoms with E-state index in [0.717, 1.165) is 18.0 Å². The largest absolute Gasteiger partial charge is 0.393 e. The molecule has 3 nitrogen and oxygen atoms in total. The van der Waals surface area contributed by atoms with Crippen LogP contribution < -0.4 is 4.90 Å². The molecule has 0 amide bonds. The number of aliphatic hydroxyl groups excluding tert-OH is 1. The summed E-state index contributed by atoms with van der Waals surface area (Å²) in [5, 5.41) is 10.1. The van der Waals surface area contributed by atoms with Crippen molar-refractivity contribution in [3.8, 4) is 0 Å². The van der Waals surface area contributed by atoms with Crippen LogP contribution in [0.5, 0.6) is 0 Å². The SMILES string of the molecule is CC(O)CCc1cnc(N(C)C)s1. The van der Waals surface area contributed by atoms with Gasteiger partial charge in [-0.1, -0.05) is 0 Å². The van der Waals surface area contributed by atoms with Crippen molar-refractivity contribution in [2.24, 2.45) is 0 Å². The molecule has 13 heavy (non-hydrogen) atoms. The van der Waals surface area contributed by atoms with E-state index in [0.29, 0.717) is 0 Å². The lowest BCUT2D eigenvalue weighted by Crippen LogP contribution is -2.07. The number of hydrogen-bond donors (Lipinski definition) is 1. The molecule has 1 atom stereocenters. The predicted octanol–water partition coefficient (Wildman–Crippen LogP) is 1.52. The van der Waals surface area contributed by atoms with E-state index in [-0.39, 0.29) is 6.10 Å². The standard InChI is InChI=1S/C9H16N2OS/c1-7(12)4-5-8-6-10-9(13-8)11(2)3/h6-7,12H,4-5H2,1-3H3. The van der Waals surface area contributed by atoms with Crippen molar-refractivity contribution >= 4 is 16.5 Å². The van der Waals surface area contributed by atoms with Gasteiger partial charge in [0.25, 0.3) is 0 Å². The van der Waals surface area contributed by atoms with Gasteiger partial charge in [-0.05, 0) is 19.8 Å². The summed E-state index contributed by atoms with van der Waals surface area (Å²) in [4.78, 5) is 7.49. The Morgan fingerprint density at radius 1 is 1.62 bits per heavy atom. The molecule has 1 aromatic heterocycles. The number of rotatable bonds is 4. The number of aliphatic hydroxyl groups is 1. The normalized spacial score (nSPS) is 12.9. The Hall–Kier alpha value is -0.610. The fourth-order valence-corrected chi connectivity index (χ4v) is 1.82. The zero-order chi connectivity index (χ0) is 9.84. The van der Waals surface area contributed by atoms with Gasteiger partial charge in [-0.15, -0.1) is 11.3 Å². The summed E-state index contributed by atoms with van der Waals surface area (Å²) in [6, 6.07) is 0. The Labute approximate surface area is 83.0 Å². The van der Waals surface area contributed by atoms with Crippen molar-refractivity contribution in [2.75, 3.05) is 19.0 Å². The first-order chi connectivity index (χ1) is 6.09. The highest BCUT2D eigenvalue weighted by atomic mass is 32.1. The molecule has 1 N–H and O–H groups in total. The van der Waals surface area contributed by atoms with Gasteiger partial charge in [0.05, 0.1) is 6.10 Å². The van der Waals surface area contributed by atoms with E-state index in [1.807, 2.05) is 32.1 Å². The van der Waals surface area contributed by atoms with E-state index in [1.54, 1.807) is 11.3 Å². The van der Waals surface area contributed by atoms with Crippen LogP contribution >= 0.6 is 11.3 Å². The van der Waals surface area contributed by atoms with Crippen molar-refractivity contribution in [2.45, 2.75) is 25.9 Å². The minimum absolute atomic E-state index is 0.218. The number of thiazole rings is 1. The highest BCUT2D eigenvalue weighted by Crippen LogP contribution is 2.21. The second-order valence-corrected chi connectivity index (χ2v) is 4.48.